The van der Waals surface area contributed by atoms with Gasteiger partial charge in [-0.15, -0.1) is 0 Å². The Morgan fingerprint density at radius 3 is 3.08 bits per heavy atom. The SMILES string of the molecule is N#CC1=CCC(NCCCBr)C=C1. The van der Waals surface area contributed by atoms with Crippen LogP contribution >= 0.6 is 15.9 Å². The highest BCUT2D eigenvalue weighted by atomic mass is 79.9. The van der Waals surface area contributed by atoms with E-state index in [1.165, 1.54) is 0 Å². The van der Waals surface area contributed by atoms with Gasteiger partial charge < -0.3 is 5.32 Å². The summed E-state index contributed by atoms with van der Waals surface area (Å²) in [6.07, 6.45) is 7.99. The molecule has 1 N–H and O–H groups in total. The van der Waals surface area contributed by atoms with E-state index in [1.54, 1.807) is 0 Å². The quantitative estimate of drug-likeness (QED) is 0.604. The first-order valence-electron chi connectivity index (χ1n) is 4.44. The fourth-order valence-corrected chi connectivity index (χ4v) is 1.49. The van der Waals surface area contributed by atoms with Gasteiger partial charge in [0.1, 0.15) is 0 Å². The van der Waals surface area contributed by atoms with E-state index in [9.17, 15) is 0 Å². The third kappa shape index (κ3) is 3.75. The van der Waals surface area contributed by atoms with E-state index in [4.69, 9.17) is 5.26 Å². The summed E-state index contributed by atoms with van der Waals surface area (Å²) in [5.74, 6) is 0. The molecule has 13 heavy (non-hydrogen) atoms. The smallest absolute Gasteiger partial charge is 0.0988 e. The van der Waals surface area contributed by atoms with Crippen molar-refractivity contribution in [3.63, 3.8) is 0 Å². The maximum Gasteiger partial charge on any atom is 0.0988 e. The Balaban J connectivity index is 2.24. The van der Waals surface area contributed by atoms with Gasteiger partial charge in [-0.1, -0.05) is 28.1 Å². The van der Waals surface area contributed by atoms with Crippen LogP contribution in [0.3, 0.4) is 0 Å². The van der Waals surface area contributed by atoms with Crippen LogP contribution in [-0.2, 0) is 0 Å². The van der Waals surface area contributed by atoms with E-state index >= 15 is 0 Å². The molecule has 0 saturated carbocycles. The molecule has 3 heteroatoms. The number of rotatable bonds is 4. The predicted octanol–water partition coefficient (Wildman–Crippen LogP) is 2.14. The summed E-state index contributed by atoms with van der Waals surface area (Å²) in [5.41, 5.74) is 0.776. The van der Waals surface area contributed by atoms with E-state index in [0.29, 0.717) is 6.04 Å². The van der Waals surface area contributed by atoms with Crippen LogP contribution in [0.2, 0.25) is 0 Å². The molecule has 0 aromatic rings. The highest BCUT2D eigenvalue weighted by Crippen LogP contribution is 2.09. The summed E-state index contributed by atoms with van der Waals surface area (Å²) in [6.45, 7) is 1.02. The standard InChI is InChI=1S/C10H13BrN2/c11-6-1-7-13-10-4-2-9(8-12)3-5-10/h2-4,10,13H,1,5-7H2. The van der Waals surface area contributed by atoms with Crippen molar-refractivity contribution in [2.45, 2.75) is 18.9 Å². The van der Waals surface area contributed by atoms with Crippen molar-refractivity contribution in [1.29, 1.82) is 5.26 Å². The normalized spacial score (nSPS) is 20.9. The lowest BCUT2D eigenvalue weighted by molar-refractivity contribution is 0.591. The van der Waals surface area contributed by atoms with E-state index in [1.807, 2.05) is 12.2 Å². The van der Waals surface area contributed by atoms with Gasteiger partial charge >= 0.3 is 0 Å². The molecule has 0 amide bonds. The van der Waals surface area contributed by atoms with Crippen molar-refractivity contribution < 1.29 is 0 Å². The van der Waals surface area contributed by atoms with E-state index < -0.39 is 0 Å². The summed E-state index contributed by atoms with van der Waals surface area (Å²) >= 11 is 3.38. The van der Waals surface area contributed by atoms with Gasteiger partial charge in [0.15, 0.2) is 0 Å². The van der Waals surface area contributed by atoms with Crippen molar-refractivity contribution in [2.24, 2.45) is 0 Å². The first-order chi connectivity index (χ1) is 6.36. The van der Waals surface area contributed by atoms with E-state index in [-0.39, 0.29) is 0 Å². The fourth-order valence-electron chi connectivity index (χ4n) is 1.21. The lowest BCUT2D eigenvalue weighted by Gasteiger charge is -2.15. The van der Waals surface area contributed by atoms with Crippen molar-refractivity contribution in [1.82, 2.24) is 5.32 Å². The predicted molar refractivity (Wildman–Crippen MR) is 57.7 cm³/mol. The van der Waals surface area contributed by atoms with Crippen molar-refractivity contribution >= 4 is 15.9 Å². The summed E-state index contributed by atoms with van der Waals surface area (Å²) in [6, 6.07) is 2.54. The zero-order valence-electron chi connectivity index (χ0n) is 7.46. The minimum absolute atomic E-state index is 0.413. The number of halogens is 1. The second-order valence-corrected chi connectivity index (χ2v) is 3.76. The molecular weight excluding hydrogens is 228 g/mol. The maximum absolute atomic E-state index is 8.60. The molecule has 0 fully saturated rings. The molecule has 0 radical (unpaired) electrons. The first-order valence-corrected chi connectivity index (χ1v) is 5.57. The molecule has 0 heterocycles. The average Bonchev–Trinajstić information content (AvgIpc) is 2.19. The monoisotopic (exact) mass is 240 g/mol. The number of nitriles is 1. The number of hydrogen-bond acceptors (Lipinski definition) is 2. The molecule has 1 aliphatic rings. The summed E-state index contributed by atoms with van der Waals surface area (Å²) in [4.78, 5) is 0. The van der Waals surface area contributed by atoms with Crippen LogP contribution in [0.4, 0.5) is 0 Å². The third-order valence-electron chi connectivity index (χ3n) is 1.95. The van der Waals surface area contributed by atoms with Gasteiger partial charge in [0.25, 0.3) is 0 Å². The van der Waals surface area contributed by atoms with E-state index in [0.717, 1.165) is 30.3 Å². The molecule has 0 saturated heterocycles. The molecule has 1 atom stereocenters. The molecule has 1 unspecified atom stereocenters. The molecule has 1 rings (SSSR count). The lowest BCUT2D eigenvalue weighted by atomic mass is 10.0. The molecule has 70 valence electrons. The van der Waals surface area contributed by atoms with Gasteiger partial charge in [0.05, 0.1) is 6.07 Å². The molecule has 2 nitrogen and oxygen atoms in total. The highest BCUT2D eigenvalue weighted by molar-refractivity contribution is 9.09. The Kier molecular flexibility index (Phi) is 4.81. The Bertz CT molecular complexity index is 250. The number of alkyl halides is 1. The molecule has 0 aromatic carbocycles. The van der Waals surface area contributed by atoms with Crippen molar-refractivity contribution in [3.05, 3.63) is 23.8 Å². The second-order valence-electron chi connectivity index (χ2n) is 2.97. The van der Waals surface area contributed by atoms with Gasteiger partial charge in [-0.2, -0.15) is 5.26 Å². The largest absolute Gasteiger partial charge is 0.310 e. The summed E-state index contributed by atoms with van der Waals surface area (Å²) in [7, 11) is 0. The van der Waals surface area contributed by atoms with Crippen molar-refractivity contribution in [3.8, 4) is 6.07 Å². The van der Waals surface area contributed by atoms with Gasteiger partial charge in [0.2, 0.25) is 0 Å². The van der Waals surface area contributed by atoms with Gasteiger partial charge in [-0.05, 0) is 25.5 Å². The molecule has 0 aliphatic heterocycles. The average molecular weight is 241 g/mol. The fraction of sp³-hybridized carbons (Fsp3) is 0.500. The Hall–Kier alpha value is -0.590. The number of nitrogens with zero attached hydrogens (tertiary/aromatic N) is 1. The molecule has 1 aliphatic carbocycles. The number of hydrogen-bond donors (Lipinski definition) is 1. The van der Waals surface area contributed by atoms with Crippen LogP contribution in [0, 0.1) is 11.3 Å². The van der Waals surface area contributed by atoms with E-state index in [2.05, 4.69) is 33.4 Å². The first kappa shape index (κ1) is 10.5. The molecule has 0 aromatic heterocycles. The minimum atomic E-state index is 0.413. The van der Waals surface area contributed by atoms with Crippen LogP contribution in [0.1, 0.15) is 12.8 Å². The second kappa shape index (κ2) is 5.95. The maximum atomic E-state index is 8.60. The zero-order chi connectivity index (χ0) is 9.52. The summed E-state index contributed by atoms with van der Waals surface area (Å²) in [5, 5.41) is 13.0. The Labute approximate surface area is 87.4 Å². The van der Waals surface area contributed by atoms with Crippen LogP contribution < -0.4 is 5.32 Å². The Morgan fingerprint density at radius 2 is 2.54 bits per heavy atom. The van der Waals surface area contributed by atoms with Gasteiger partial charge in [-0.3, -0.25) is 0 Å². The topological polar surface area (TPSA) is 35.8 Å². The molecular formula is C10H13BrN2. The van der Waals surface area contributed by atoms with Crippen LogP contribution in [0.15, 0.2) is 23.8 Å². The molecule has 0 bridgehead atoms. The Morgan fingerprint density at radius 1 is 1.69 bits per heavy atom. The number of allylic oxidation sites excluding steroid dienone is 2. The number of nitrogens with one attached hydrogen (secondary N) is 1. The van der Waals surface area contributed by atoms with Gasteiger partial charge in [-0.25, -0.2) is 0 Å². The lowest BCUT2D eigenvalue weighted by Crippen LogP contribution is -2.28. The third-order valence-corrected chi connectivity index (χ3v) is 2.51. The van der Waals surface area contributed by atoms with Crippen LogP contribution in [0.25, 0.3) is 0 Å². The molecule has 0 spiro atoms. The van der Waals surface area contributed by atoms with Crippen molar-refractivity contribution in [2.75, 3.05) is 11.9 Å². The summed E-state index contributed by atoms with van der Waals surface area (Å²) < 4.78 is 0. The van der Waals surface area contributed by atoms with Crippen LogP contribution in [-0.4, -0.2) is 17.9 Å². The van der Waals surface area contributed by atoms with Gasteiger partial charge in [0, 0.05) is 16.9 Å². The highest BCUT2D eigenvalue weighted by Gasteiger charge is 2.06. The minimum Gasteiger partial charge on any atom is -0.310 e. The zero-order valence-corrected chi connectivity index (χ0v) is 9.05. The van der Waals surface area contributed by atoms with Crippen LogP contribution in [0.5, 0.6) is 0 Å².